The van der Waals surface area contributed by atoms with E-state index in [0.29, 0.717) is 0 Å². The summed E-state index contributed by atoms with van der Waals surface area (Å²) in [6.45, 7) is 3.08. The zero-order valence-electron chi connectivity index (χ0n) is 6.92. The Balaban J connectivity index is 2.56. The molecule has 0 bridgehead atoms. The summed E-state index contributed by atoms with van der Waals surface area (Å²) in [5.74, 6) is 0. The number of thiophene rings is 1. The standard InChI is InChI=1S/C9H13NS/c1-8-9(5-7-11-8)4-3-6-10-2/h3-5,7,10H,6H2,1-2H3. The molecule has 0 aliphatic rings. The van der Waals surface area contributed by atoms with Gasteiger partial charge in [-0.3, -0.25) is 0 Å². The van der Waals surface area contributed by atoms with Crippen molar-refractivity contribution in [3.8, 4) is 0 Å². The molecule has 1 heterocycles. The molecule has 2 heteroatoms. The van der Waals surface area contributed by atoms with Crippen molar-refractivity contribution >= 4 is 17.4 Å². The lowest BCUT2D eigenvalue weighted by molar-refractivity contribution is 0.922. The van der Waals surface area contributed by atoms with E-state index in [1.54, 1.807) is 11.3 Å². The number of rotatable bonds is 3. The largest absolute Gasteiger partial charge is 0.316 e. The lowest BCUT2D eigenvalue weighted by atomic mass is 10.2. The van der Waals surface area contributed by atoms with Gasteiger partial charge in [0.15, 0.2) is 0 Å². The SMILES string of the molecule is CNCC=Cc1ccsc1C. The van der Waals surface area contributed by atoms with Gasteiger partial charge in [-0.1, -0.05) is 12.2 Å². The first-order valence-corrected chi connectivity index (χ1v) is 4.58. The van der Waals surface area contributed by atoms with Gasteiger partial charge < -0.3 is 5.32 Å². The molecule has 0 saturated heterocycles. The van der Waals surface area contributed by atoms with Gasteiger partial charge in [-0.2, -0.15) is 0 Å². The van der Waals surface area contributed by atoms with Crippen LogP contribution in [-0.4, -0.2) is 13.6 Å². The molecule has 0 unspecified atom stereocenters. The second-order valence-electron chi connectivity index (χ2n) is 2.39. The van der Waals surface area contributed by atoms with Crippen molar-refractivity contribution in [2.45, 2.75) is 6.92 Å². The van der Waals surface area contributed by atoms with Crippen molar-refractivity contribution in [1.82, 2.24) is 5.32 Å². The van der Waals surface area contributed by atoms with E-state index in [9.17, 15) is 0 Å². The molecule has 60 valence electrons. The maximum atomic E-state index is 3.07. The van der Waals surface area contributed by atoms with Crippen LogP contribution in [0.2, 0.25) is 0 Å². The van der Waals surface area contributed by atoms with Crippen molar-refractivity contribution in [3.63, 3.8) is 0 Å². The van der Waals surface area contributed by atoms with Crippen LogP contribution in [0.3, 0.4) is 0 Å². The zero-order chi connectivity index (χ0) is 8.10. The van der Waals surface area contributed by atoms with Crippen molar-refractivity contribution in [2.24, 2.45) is 0 Å². The molecule has 0 aromatic carbocycles. The third-order valence-electron chi connectivity index (χ3n) is 1.52. The first-order chi connectivity index (χ1) is 5.34. The van der Waals surface area contributed by atoms with E-state index in [1.165, 1.54) is 10.4 Å². The second-order valence-corrected chi connectivity index (χ2v) is 3.51. The van der Waals surface area contributed by atoms with Crippen LogP contribution in [0.25, 0.3) is 6.08 Å². The molecular weight excluding hydrogens is 154 g/mol. The minimum absolute atomic E-state index is 0.940. The third-order valence-corrected chi connectivity index (χ3v) is 2.38. The monoisotopic (exact) mass is 167 g/mol. The highest BCUT2D eigenvalue weighted by Crippen LogP contribution is 2.15. The Morgan fingerprint density at radius 3 is 3.00 bits per heavy atom. The lowest BCUT2D eigenvalue weighted by Gasteiger charge is -1.89. The van der Waals surface area contributed by atoms with Crippen LogP contribution < -0.4 is 5.32 Å². The molecule has 1 aromatic rings. The Kier molecular flexibility index (Phi) is 3.33. The van der Waals surface area contributed by atoms with Gasteiger partial charge in [-0.25, -0.2) is 0 Å². The average Bonchev–Trinajstić information content (AvgIpc) is 2.37. The highest BCUT2D eigenvalue weighted by molar-refractivity contribution is 7.10. The summed E-state index contributed by atoms with van der Waals surface area (Å²) in [6.07, 6.45) is 4.29. The van der Waals surface area contributed by atoms with Crippen LogP contribution in [0.1, 0.15) is 10.4 Å². The van der Waals surface area contributed by atoms with E-state index < -0.39 is 0 Å². The number of nitrogens with one attached hydrogen (secondary N) is 1. The van der Waals surface area contributed by atoms with Crippen LogP contribution in [0.4, 0.5) is 0 Å². The summed E-state index contributed by atoms with van der Waals surface area (Å²) < 4.78 is 0. The first kappa shape index (κ1) is 8.50. The predicted octanol–water partition coefficient (Wildman–Crippen LogP) is 2.29. The molecule has 0 fully saturated rings. The zero-order valence-corrected chi connectivity index (χ0v) is 7.74. The van der Waals surface area contributed by atoms with E-state index in [4.69, 9.17) is 0 Å². The first-order valence-electron chi connectivity index (χ1n) is 3.70. The molecule has 1 nitrogen and oxygen atoms in total. The molecule has 0 radical (unpaired) electrons. The molecular formula is C9H13NS. The molecule has 0 aliphatic carbocycles. The molecule has 0 atom stereocenters. The Bertz CT molecular complexity index is 237. The van der Waals surface area contributed by atoms with E-state index >= 15 is 0 Å². The summed E-state index contributed by atoms with van der Waals surface area (Å²) in [4.78, 5) is 1.39. The molecule has 11 heavy (non-hydrogen) atoms. The van der Waals surface area contributed by atoms with Crippen molar-refractivity contribution in [2.75, 3.05) is 13.6 Å². The van der Waals surface area contributed by atoms with Gasteiger partial charge in [-0.15, -0.1) is 11.3 Å². The van der Waals surface area contributed by atoms with E-state index in [1.807, 2.05) is 7.05 Å². The van der Waals surface area contributed by atoms with Crippen LogP contribution in [0, 0.1) is 6.92 Å². The van der Waals surface area contributed by atoms with Gasteiger partial charge >= 0.3 is 0 Å². The summed E-state index contributed by atoms with van der Waals surface area (Å²) in [7, 11) is 1.95. The van der Waals surface area contributed by atoms with Crippen molar-refractivity contribution < 1.29 is 0 Å². The number of hydrogen-bond donors (Lipinski definition) is 1. The third kappa shape index (κ3) is 2.48. The summed E-state index contributed by atoms with van der Waals surface area (Å²) in [5.41, 5.74) is 1.34. The molecule has 0 aliphatic heterocycles. The molecule has 1 rings (SSSR count). The molecule has 0 spiro atoms. The molecule has 1 N–H and O–H groups in total. The fourth-order valence-electron chi connectivity index (χ4n) is 0.871. The van der Waals surface area contributed by atoms with Crippen LogP contribution >= 0.6 is 11.3 Å². The van der Waals surface area contributed by atoms with Gasteiger partial charge in [0.2, 0.25) is 0 Å². The fraction of sp³-hybridized carbons (Fsp3) is 0.333. The Morgan fingerprint density at radius 2 is 2.45 bits per heavy atom. The molecule has 1 aromatic heterocycles. The van der Waals surface area contributed by atoms with Gasteiger partial charge in [0.25, 0.3) is 0 Å². The number of hydrogen-bond acceptors (Lipinski definition) is 2. The van der Waals surface area contributed by atoms with E-state index in [-0.39, 0.29) is 0 Å². The average molecular weight is 167 g/mol. The summed E-state index contributed by atoms with van der Waals surface area (Å²) in [5, 5.41) is 5.19. The lowest BCUT2D eigenvalue weighted by Crippen LogP contribution is -2.03. The maximum Gasteiger partial charge on any atom is 0.0135 e. The van der Waals surface area contributed by atoms with Crippen LogP contribution in [0.5, 0.6) is 0 Å². The highest BCUT2D eigenvalue weighted by Gasteiger charge is 1.91. The molecule has 0 saturated carbocycles. The maximum absolute atomic E-state index is 3.07. The number of aryl methyl sites for hydroxylation is 1. The van der Waals surface area contributed by atoms with Gasteiger partial charge in [0.1, 0.15) is 0 Å². The van der Waals surface area contributed by atoms with Crippen molar-refractivity contribution in [3.05, 3.63) is 28.0 Å². The smallest absolute Gasteiger partial charge is 0.0135 e. The van der Waals surface area contributed by atoms with E-state index in [0.717, 1.165) is 6.54 Å². The quantitative estimate of drug-likeness (QED) is 0.728. The van der Waals surface area contributed by atoms with Crippen molar-refractivity contribution in [1.29, 1.82) is 0 Å². The van der Waals surface area contributed by atoms with Crippen LogP contribution in [-0.2, 0) is 0 Å². The van der Waals surface area contributed by atoms with E-state index in [2.05, 4.69) is 35.8 Å². The Labute approximate surface area is 71.8 Å². The summed E-state index contributed by atoms with van der Waals surface area (Å²) in [6, 6.07) is 2.14. The second kappa shape index (κ2) is 4.31. The predicted molar refractivity (Wildman–Crippen MR) is 52.0 cm³/mol. The van der Waals surface area contributed by atoms with Gasteiger partial charge in [0.05, 0.1) is 0 Å². The van der Waals surface area contributed by atoms with Gasteiger partial charge in [0, 0.05) is 11.4 Å². The van der Waals surface area contributed by atoms with Gasteiger partial charge in [-0.05, 0) is 31.0 Å². The minimum Gasteiger partial charge on any atom is -0.316 e. The molecule has 0 amide bonds. The summed E-state index contributed by atoms with van der Waals surface area (Å²) >= 11 is 1.79. The normalized spacial score (nSPS) is 11.1. The topological polar surface area (TPSA) is 12.0 Å². The van der Waals surface area contributed by atoms with Crippen LogP contribution in [0.15, 0.2) is 17.5 Å². The highest BCUT2D eigenvalue weighted by atomic mass is 32.1. The Morgan fingerprint density at radius 1 is 1.64 bits per heavy atom. The Hall–Kier alpha value is -0.600. The minimum atomic E-state index is 0.940. The number of likely N-dealkylation sites (N-methyl/N-ethyl adjacent to an activating group) is 1. The fourth-order valence-corrected chi connectivity index (χ4v) is 1.56.